The van der Waals surface area contributed by atoms with Crippen molar-refractivity contribution in [3.05, 3.63) is 117 Å². The Kier molecular flexibility index (Phi) is 12.3. The number of nitrogens with one attached hydrogen (secondary N) is 2. The predicted molar refractivity (Wildman–Crippen MR) is 229 cm³/mol. The van der Waals surface area contributed by atoms with Gasteiger partial charge in [-0.3, -0.25) is 0 Å². The van der Waals surface area contributed by atoms with Gasteiger partial charge in [0.15, 0.2) is 11.6 Å². The van der Waals surface area contributed by atoms with E-state index in [0.717, 1.165) is 48.8 Å². The third-order valence-electron chi connectivity index (χ3n) is 9.94. The summed E-state index contributed by atoms with van der Waals surface area (Å²) in [6, 6.07) is 15.8. The molecule has 4 N–H and O–H groups in total. The van der Waals surface area contributed by atoms with Crippen molar-refractivity contribution >= 4 is 51.3 Å². The molecule has 6 heterocycles. The zero-order valence-corrected chi connectivity index (χ0v) is 34.7. The molecule has 310 valence electrons. The highest BCUT2D eigenvalue weighted by atomic mass is 35.5. The number of thiophene rings is 1. The molecule has 0 radical (unpaired) electrons. The molecule has 0 fully saturated rings. The van der Waals surface area contributed by atoms with E-state index in [0.29, 0.717) is 69.2 Å². The first-order valence-corrected chi connectivity index (χ1v) is 20.5. The van der Waals surface area contributed by atoms with E-state index in [1.807, 2.05) is 32.0 Å². The van der Waals surface area contributed by atoms with Crippen molar-refractivity contribution in [2.75, 3.05) is 43.7 Å². The van der Waals surface area contributed by atoms with Crippen LogP contribution in [0.4, 0.5) is 24.0 Å². The standard InChI is InChI=1S/C43H38Cl2F3N7O4S/c1-22-33-23(2)37(45)38(36(22)44)57-16-15-56-29-8-9-31(59-20-28-11-13-50-41(55-28)26-5-10-32(51-18-26)52-19-30(49)40(47)48)25(17-29)12-14-58-42-35-34(33)39(60-43(35)54-21-53-42)24-3-6-27(46)7-4-24/h3-11,13,17-18,30,40,54H,12,14-16,19-21,49H2,1-2H3,(H,51,52). The minimum Gasteiger partial charge on any atom is -0.490 e. The highest BCUT2D eigenvalue weighted by molar-refractivity contribution is 7.20. The molecule has 1 unspecified atom stereocenters. The molecule has 1 atom stereocenters. The number of anilines is 2. The average Bonchev–Trinajstić information content (AvgIpc) is 3.64. The van der Waals surface area contributed by atoms with E-state index in [9.17, 15) is 13.2 Å². The number of ether oxygens (including phenoxy) is 4. The number of rotatable bonds is 9. The molecule has 11 nitrogen and oxygen atoms in total. The van der Waals surface area contributed by atoms with E-state index < -0.39 is 12.5 Å². The molecule has 0 aliphatic carbocycles. The Morgan fingerprint density at radius 3 is 2.42 bits per heavy atom. The maximum atomic E-state index is 14.1. The van der Waals surface area contributed by atoms with E-state index in [-0.39, 0.29) is 38.8 Å². The summed E-state index contributed by atoms with van der Waals surface area (Å²) < 4.78 is 64.9. The molecule has 0 saturated carbocycles. The fraction of sp³-hybridized carbons (Fsp3) is 0.256. The summed E-state index contributed by atoms with van der Waals surface area (Å²) in [5.74, 6) is 2.48. The van der Waals surface area contributed by atoms with Gasteiger partial charge in [0.1, 0.15) is 54.6 Å². The quantitative estimate of drug-likeness (QED) is 0.129. The first-order chi connectivity index (χ1) is 29.0. The second-order valence-electron chi connectivity index (χ2n) is 13.9. The van der Waals surface area contributed by atoms with Gasteiger partial charge in [-0.1, -0.05) is 35.3 Å². The Labute approximate surface area is 357 Å². The number of aliphatic imine (C=N–C) groups is 1. The Morgan fingerprint density at radius 2 is 1.67 bits per heavy atom. The molecule has 3 aliphatic rings. The van der Waals surface area contributed by atoms with Crippen LogP contribution in [0.15, 0.2) is 78.0 Å². The van der Waals surface area contributed by atoms with Crippen molar-refractivity contribution in [2.45, 2.75) is 39.3 Å². The average molecular weight is 877 g/mol. The maximum Gasteiger partial charge on any atom is 0.255 e. The van der Waals surface area contributed by atoms with Crippen LogP contribution in [0.5, 0.6) is 17.2 Å². The summed E-state index contributed by atoms with van der Waals surface area (Å²) in [5.41, 5.74) is 12.2. The number of halogens is 5. The van der Waals surface area contributed by atoms with E-state index in [1.165, 1.54) is 23.5 Å². The van der Waals surface area contributed by atoms with Crippen LogP contribution in [0.3, 0.4) is 0 Å². The minimum absolute atomic E-state index is 0.121. The van der Waals surface area contributed by atoms with Gasteiger partial charge in [-0.15, -0.1) is 11.3 Å². The Morgan fingerprint density at radius 1 is 0.900 bits per heavy atom. The number of aromatic nitrogens is 3. The minimum atomic E-state index is -2.64. The topological polar surface area (TPSA) is 138 Å². The molecule has 60 heavy (non-hydrogen) atoms. The molecule has 0 spiro atoms. The number of nitrogens with zero attached hydrogens (tertiary/aromatic N) is 4. The molecular formula is C43H38Cl2F3N7O4S. The first-order valence-electron chi connectivity index (χ1n) is 19.0. The normalized spacial score (nSPS) is 14.2. The van der Waals surface area contributed by atoms with Crippen LogP contribution >= 0.6 is 34.5 Å². The Balaban J connectivity index is 1.07. The molecule has 0 saturated heterocycles. The van der Waals surface area contributed by atoms with E-state index in [1.54, 1.807) is 42.7 Å². The van der Waals surface area contributed by atoms with Crippen molar-refractivity contribution in [1.29, 1.82) is 0 Å². The third kappa shape index (κ3) is 8.66. The summed E-state index contributed by atoms with van der Waals surface area (Å²) >= 11 is 15.6. The number of nitrogens with two attached hydrogens (primary N) is 1. The zero-order valence-electron chi connectivity index (χ0n) is 32.3. The maximum absolute atomic E-state index is 14.1. The van der Waals surface area contributed by atoms with Crippen molar-refractivity contribution in [1.82, 2.24) is 15.0 Å². The van der Waals surface area contributed by atoms with Crippen LogP contribution in [0.1, 0.15) is 27.9 Å². The second kappa shape index (κ2) is 17.9. The number of alkyl halides is 2. The summed E-state index contributed by atoms with van der Waals surface area (Å²) in [4.78, 5) is 19.0. The van der Waals surface area contributed by atoms with Crippen LogP contribution in [0.25, 0.3) is 33.0 Å². The number of fused-ring (bicyclic) bond motifs is 7. The predicted octanol–water partition coefficient (Wildman–Crippen LogP) is 9.74. The zero-order chi connectivity index (χ0) is 41.9. The lowest BCUT2D eigenvalue weighted by atomic mass is 9.90. The molecule has 6 aromatic rings. The lowest BCUT2D eigenvalue weighted by Gasteiger charge is -2.22. The van der Waals surface area contributed by atoms with Crippen molar-refractivity contribution in [3.63, 3.8) is 0 Å². The highest BCUT2D eigenvalue weighted by Crippen LogP contribution is 2.53. The molecule has 9 rings (SSSR count). The van der Waals surface area contributed by atoms with Gasteiger partial charge in [-0.25, -0.2) is 33.1 Å². The van der Waals surface area contributed by atoms with E-state index in [2.05, 4.69) is 25.6 Å². The van der Waals surface area contributed by atoms with E-state index >= 15 is 0 Å². The summed E-state index contributed by atoms with van der Waals surface area (Å²) in [6.07, 6.45) is 0.982. The molecule has 4 bridgehead atoms. The van der Waals surface area contributed by atoms with Gasteiger partial charge in [0, 0.05) is 46.9 Å². The van der Waals surface area contributed by atoms with Crippen molar-refractivity contribution in [3.8, 4) is 50.2 Å². The van der Waals surface area contributed by atoms with Gasteiger partial charge in [0.25, 0.3) is 6.43 Å². The monoisotopic (exact) mass is 875 g/mol. The molecule has 3 aromatic heterocycles. The van der Waals surface area contributed by atoms with Gasteiger partial charge in [-0.05, 0) is 84.6 Å². The van der Waals surface area contributed by atoms with Crippen LogP contribution < -0.4 is 30.6 Å². The van der Waals surface area contributed by atoms with Gasteiger partial charge in [0.2, 0.25) is 5.90 Å². The first kappa shape index (κ1) is 41.1. The summed E-state index contributed by atoms with van der Waals surface area (Å²) in [7, 11) is 0. The van der Waals surface area contributed by atoms with Gasteiger partial charge < -0.3 is 35.3 Å². The highest BCUT2D eigenvalue weighted by Gasteiger charge is 2.32. The summed E-state index contributed by atoms with van der Waals surface area (Å²) in [5, 5.41) is 7.80. The second-order valence-corrected chi connectivity index (χ2v) is 15.7. The van der Waals surface area contributed by atoms with E-state index in [4.69, 9.17) is 52.9 Å². The molecule has 0 amide bonds. The smallest absolute Gasteiger partial charge is 0.255 e. The molecule has 3 aromatic carbocycles. The lowest BCUT2D eigenvalue weighted by Crippen LogP contribution is -2.36. The number of hydrogen-bond donors (Lipinski definition) is 3. The molecular weight excluding hydrogens is 838 g/mol. The van der Waals surface area contributed by atoms with Crippen LogP contribution in [0, 0.1) is 19.7 Å². The van der Waals surface area contributed by atoms with Crippen molar-refractivity contribution < 1.29 is 32.1 Å². The van der Waals surface area contributed by atoms with Crippen molar-refractivity contribution in [2.24, 2.45) is 10.7 Å². The fourth-order valence-corrected chi connectivity index (χ4v) is 8.60. The summed E-state index contributed by atoms with van der Waals surface area (Å²) in [6.45, 7) is 4.76. The van der Waals surface area contributed by atoms with Crippen LogP contribution in [0.2, 0.25) is 10.0 Å². The SMILES string of the molecule is Cc1c(Cl)c2c(Cl)c(C)c1-c1c(-c3ccc(F)cc3)sc3c1C(=NCN3)OCCc1cc(ccc1OCc1ccnc(-c3ccc(NCC(N)C(F)F)nc3)n1)OCCO2. The van der Waals surface area contributed by atoms with Gasteiger partial charge in [-0.2, -0.15) is 0 Å². The molecule has 17 heteroatoms. The number of benzene rings is 3. The Hall–Kier alpha value is -5.61. The van der Waals surface area contributed by atoms with Gasteiger partial charge in [0.05, 0.1) is 34.0 Å². The molecule has 3 aliphatic heterocycles. The largest absolute Gasteiger partial charge is 0.490 e. The van der Waals surface area contributed by atoms with Gasteiger partial charge >= 0.3 is 0 Å². The lowest BCUT2D eigenvalue weighted by molar-refractivity contribution is 0.121. The van der Waals surface area contributed by atoms with Crippen LogP contribution in [-0.2, 0) is 17.8 Å². The number of hydrogen-bond acceptors (Lipinski definition) is 12. The number of pyridine rings is 1. The fourth-order valence-electron chi connectivity index (χ4n) is 6.87. The Bertz CT molecular complexity index is 2530. The third-order valence-corrected chi connectivity index (χ3v) is 12.0. The van der Waals surface area contributed by atoms with Crippen LogP contribution in [-0.4, -0.2) is 66.4 Å².